The molecular weight excluding hydrogens is 290 g/mol. The van der Waals surface area contributed by atoms with Gasteiger partial charge in [-0.2, -0.15) is 0 Å². The number of aromatic nitrogens is 1. The molecule has 1 aliphatic rings. The van der Waals surface area contributed by atoms with Gasteiger partial charge in [-0.1, -0.05) is 12.1 Å². The van der Waals surface area contributed by atoms with Crippen molar-refractivity contribution in [3.05, 3.63) is 16.1 Å². The van der Waals surface area contributed by atoms with Crippen LogP contribution in [0.25, 0.3) is 0 Å². The highest BCUT2D eigenvalue weighted by Gasteiger charge is 2.28. The van der Waals surface area contributed by atoms with Crippen molar-refractivity contribution in [1.29, 1.82) is 0 Å². The van der Waals surface area contributed by atoms with Crippen molar-refractivity contribution in [2.45, 2.75) is 26.3 Å². The molecule has 1 saturated heterocycles. The molecule has 0 aliphatic carbocycles. The van der Waals surface area contributed by atoms with Crippen LogP contribution >= 0.6 is 11.3 Å². The second kappa shape index (κ2) is 6.86. The summed E-state index contributed by atoms with van der Waals surface area (Å²) in [4.78, 5) is 21.2. The zero-order valence-electron chi connectivity index (χ0n) is 12.3. The van der Waals surface area contributed by atoms with Crippen LogP contribution in [0.4, 0.5) is 0 Å². The molecular formula is C13H21N5O2S. The summed E-state index contributed by atoms with van der Waals surface area (Å²) in [5.41, 5.74) is 8.21. The molecule has 116 valence electrons. The Morgan fingerprint density at radius 3 is 2.67 bits per heavy atom. The maximum atomic E-state index is 12.4. The summed E-state index contributed by atoms with van der Waals surface area (Å²) in [6.45, 7) is 6.58. The van der Waals surface area contributed by atoms with Crippen molar-refractivity contribution >= 4 is 23.1 Å². The quantitative estimate of drug-likeness (QED) is 0.370. The molecule has 2 heterocycles. The summed E-state index contributed by atoms with van der Waals surface area (Å²) in [5, 5.41) is 11.9. The summed E-state index contributed by atoms with van der Waals surface area (Å²) in [7, 11) is 0. The standard InChI is InChI=1S/C13H21N5O2S/c1-3-10(12(14)16-20)17-4-6-18(7-5-17)13(19)11-9(2)15-8-21-11/h8,10,20H,3-7H2,1-2H3,(H2,14,16). The Hall–Kier alpha value is -1.67. The van der Waals surface area contributed by atoms with E-state index in [-0.39, 0.29) is 17.8 Å². The molecule has 1 aromatic rings. The third kappa shape index (κ3) is 3.33. The van der Waals surface area contributed by atoms with E-state index in [4.69, 9.17) is 10.9 Å². The first-order valence-corrected chi connectivity index (χ1v) is 7.87. The molecule has 7 nitrogen and oxygen atoms in total. The normalized spacial score (nSPS) is 18.8. The number of amides is 1. The summed E-state index contributed by atoms with van der Waals surface area (Å²) in [6.07, 6.45) is 0.776. The lowest BCUT2D eigenvalue weighted by atomic mass is 10.1. The van der Waals surface area contributed by atoms with Gasteiger partial charge in [-0.05, 0) is 13.3 Å². The average molecular weight is 311 g/mol. The summed E-state index contributed by atoms with van der Waals surface area (Å²) in [6, 6.07) is -0.0719. The lowest BCUT2D eigenvalue weighted by Crippen LogP contribution is -2.55. The predicted octanol–water partition coefficient (Wildman–Crippen LogP) is 0.734. The van der Waals surface area contributed by atoms with Crippen LogP contribution < -0.4 is 5.73 Å². The number of piperazine rings is 1. The van der Waals surface area contributed by atoms with Crippen LogP contribution in [-0.2, 0) is 0 Å². The fraction of sp³-hybridized carbons (Fsp3) is 0.615. The Labute approximate surface area is 128 Å². The second-order valence-corrected chi connectivity index (χ2v) is 5.90. The van der Waals surface area contributed by atoms with Gasteiger partial charge in [0.15, 0.2) is 5.84 Å². The summed E-state index contributed by atoms with van der Waals surface area (Å²) < 4.78 is 0. The van der Waals surface area contributed by atoms with Gasteiger partial charge in [0.1, 0.15) is 4.88 Å². The number of aryl methyl sites for hydroxylation is 1. The number of amidine groups is 1. The van der Waals surface area contributed by atoms with Crippen LogP contribution in [-0.4, -0.2) is 64.0 Å². The molecule has 1 atom stereocenters. The number of hydrogen-bond acceptors (Lipinski definition) is 6. The first kappa shape index (κ1) is 15.7. The molecule has 0 bridgehead atoms. The maximum absolute atomic E-state index is 12.4. The maximum Gasteiger partial charge on any atom is 0.265 e. The van der Waals surface area contributed by atoms with Crippen LogP contribution in [0.1, 0.15) is 28.7 Å². The van der Waals surface area contributed by atoms with Crippen molar-refractivity contribution in [1.82, 2.24) is 14.8 Å². The summed E-state index contributed by atoms with van der Waals surface area (Å²) >= 11 is 1.38. The van der Waals surface area contributed by atoms with Crippen molar-refractivity contribution in [3.8, 4) is 0 Å². The third-order valence-electron chi connectivity index (χ3n) is 3.83. The molecule has 1 aromatic heterocycles. The minimum absolute atomic E-state index is 0.0477. The zero-order valence-corrected chi connectivity index (χ0v) is 13.1. The van der Waals surface area contributed by atoms with Crippen LogP contribution in [0.15, 0.2) is 10.7 Å². The van der Waals surface area contributed by atoms with E-state index in [1.807, 2.05) is 18.7 Å². The molecule has 8 heteroatoms. The lowest BCUT2D eigenvalue weighted by molar-refractivity contribution is 0.0612. The van der Waals surface area contributed by atoms with Crippen molar-refractivity contribution in [2.75, 3.05) is 26.2 Å². The molecule has 0 aromatic carbocycles. The van der Waals surface area contributed by atoms with E-state index in [2.05, 4.69) is 15.0 Å². The Morgan fingerprint density at radius 2 is 2.19 bits per heavy atom. The minimum Gasteiger partial charge on any atom is -0.409 e. The van der Waals surface area contributed by atoms with E-state index in [1.165, 1.54) is 11.3 Å². The number of oxime groups is 1. The second-order valence-electron chi connectivity index (χ2n) is 5.04. The number of hydrogen-bond donors (Lipinski definition) is 2. The number of nitrogens with zero attached hydrogens (tertiary/aromatic N) is 4. The van der Waals surface area contributed by atoms with Crippen LogP contribution in [0.3, 0.4) is 0 Å². The number of carbonyl (C=O) groups excluding carboxylic acids is 1. The first-order chi connectivity index (χ1) is 10.1. The van der Waals surface area contributed by atoms with Gasteiger partial charge in [0.25, 0.3) is 5.91 Å². The van der Waals surface area contributed by atoms with Crippen molar-refractivity contribution < 1.29 is 10.0 Å². The van der Waals surface area contributed by atoms with Crippen LogP contribution in [0, 0.1) is 6.92 Å². The highest BCUT2D eigenvalue weighted by molar-refractivity contribution is 7.11. The topological polar surface area (TPSA) is 95.0 Å². The van der Waals surface area contributed by atoms with E-state index < -0.39 is 0 Å². The van der Waals surface area contributed by atoms with Crippen LogP contribution in [0.2, 0.25) is 0 Å². The zero-order chi connectivity index (χ0) is 15.4. The Morgan fingerprint density at radius 1 is 1.52 bits per heavy atom. The predicted molar refractivity (Wildman–Crippen MR) is 81.8 cm³/mol. The number of nitrogens with two attached hydrogens (primary N) is 1. The SMILES string of the molecule is CCC(C(N)=NO)N1CCN(C(=O)c2scnc2C)CC1. The van der Waals surface area contributed by atoms with E-state index in [1.54, 1.807) is 5.51 Å². The van der Waals surface area contributed by atoms with Crippen LogP contribution in [0.5, 0.6) is 0 Å². The largest absolute Gasteiger partial charge is 0.409 e. The number of carbonyl (C=O) groups is 1. The fourth-order valence-electron chi connectivity index (χ4n) is 2.61. The smallest absolute Gasteiger partial charge is 0.265 e. The van der Waals surface area contributed by atoms with Gasteiger partial charge in [-0.15, -0.1) is 11.3 Å². The molecule has 2 rings (SSSR count). The first-order valence-electron chi connectivity index (χ1n) is 6.99. The van der Waals surface area contributed by atoms with Gasteiger partial charge >= 0.3 is 0 Å². The third-order valence-corrected chi connectivity index (χ3v) is 4.74. The van der Waals surface area contributed by atoms with Crippen molar-refractivity contribution in [2.24, 2.45) is 10.9 Å². The summed E-state index contributed by atoms with van der Waals surface area (Å²) in [5.74, 6) is 0.280. The molecule has 21 heavy (non-hydrogen) atoms. The molecule has 3 N–H and O–H groups in total. The fourth-order valence-corrected chi connectivity index (χ4v) is 3.38. The molecule has 0 radical (unpaired) electrons. The molecule has 1 unspecified atom stereocenters. The number of thiazole rings is 1. The molecule has 0 spiro atoms. The monoisotopic (exact) mass is 311 g/mol. The van der Waals surface area contributed by atoms with E-state index >= 15 is 0 Å². The van der Waals surface area contributed by atoms with Gasteiger partial charge in [0.2, 0.25) is 0 Å². The van der Waals surface area contributed by atoms with Gasteiger partial charge < -0.3 is 15.8 Å². The minimum atomic E-state index is -0.0719. The van der Waals surface area contributed by atoms with Gasteiger partial charge in [0, 0.05) is 26.2 Å². The van der Waals surface area contributed by atoms with Crippen molar-refractivity contribution in [3.63, 3.8) is 0 Å². The highest BCUT2D eigenvalue weighted by Crippen LogP contribution is 2.17. The molecule has 0 saturated carbocycles. The Bertz CT molecular complexity index is 522. The molecule has 1 amide bonds. The van der Waals surface area contributed by atoms with E-state index in [0.717, 1.165) is 25.2 Å². The Balaban J connectivity index is 1.97. The molecule has 1 aliphatic heterocycles. The van der Waals surface area contributed by atoms with E-state index in [9.17, 15) is 4.79 Å². The lowest BCUT2D eigenvalue weighted by Gasteiger charge is -2.38. The molecule has 1 fully saturated rings. The highest BCUT2D eigenvalue weighted by atomic mass is 32.1. The van der Waals surface area contributed by atoms with Gasteiger partial charge in [0.05, 0.1) is 17.2 Å². The average Bonchev–Trinajstić information content (AvgIpc) is 2.94. The Kier molecular flexibility index (Phi) is 5.13. The van der Waals surface area contributed by atoms with E-state index in [0.29, 0.717) is 18.0 Å². The van der Waals surface area contributed by atoms with Gasteiger partial charge in [-0.25, -0.2) is 4.98 Å². The van der Waals surface area contributed by atoms with Gasteiger partial charge in [-0.3, -0.25) is 9.69 Å². The number of rotatable bonds is 4.